The van der Waals surface area contributed by atoms with E-state index in [0.29, 0.717) is 0 Å². The van der Waals surface area contributed by atoms with Gasteiger partial charge in [0.15, 0.2) is 0 Å². The molecule has 1 unspecified atom stereocenters. The molecular weight excluding hydrogens is 122 g/mol. The van der Waals surface area contributed by atoms with Crippen molar-refractivity contribution in [3.63, 3.8) is 0 Å². The van der Waals surface area contributed by atoms with E-state index in [1.807, 2.05) is 0 Å². The van der Waals surface area contributed by atoms with Crippen LogP contribution in [0.5, 0.6) is 0 Å². The summed E-state index contributed by atoms with van der Waals surface area (Å²) >= 11 is 0. The lowest BCUT2D eigenvalue weighted by molar-refractivity contribution is 0.400. The molecule has 0 N–H and O–H groups in total. The van der Waals surface area contributed by atoms with E-state index in [-0.39, 0.29) is 0 Å². The second kappa shape index (κ2) is 2.15. The van der Waals surface area contributed by atoms with Crippen LogP contribution in [-0.2, 0) is 13.0 Å². The number of hydrogen-bond donors (Lipinski definition) is 0. The van der Waals surface area contributed by atoms with Crippen molar-refractivity contribution in [3.8, 4) is 0 Å². The standard InChI is InChI=1S/C9H13N/c1-8-4-5-9-3-2-6-10(9)7-8/h2-3,6,8H,4-5,7H2,1H3. The molecule has 54 valence electrons. The second-order valence-electron chi connectivity index (χ2n) is 3.30. The maximum Gasteiger partial charge on any atom is 0.0248 e. The highest BCUT2D eigenvalue weighted by atomic mass is 15.0. The van der Waals surface area contributed by atoms with Crippen LogP contribution in [0.4, 0.5) is 0 Å². The lowest BCUT2D eigenvalue weighted by atomic mass is 10.0. The Labute approximate surface area is 61.7 Å². The van der Waals surface area contributed by atoms with E-state index in [2.05, 4.69) is 29.8 Å². The summed E-state index contributed by atoms with van der Waals surface area (Å²) in [6, 6.07) is 4.37. The van der Waals surface area contributed by atoms with Gasteiger partial charge in [-0.25, -0.2) is 0 Å². The molecule has 1 aliphatic rings. The highest BCUT2D eigenvalue weighted by molar-refractivity contribution is 5.09. The van der Waals surface area contributed by atoms with Crippen LogP contribution in [0, 0.1) is 5.92 Å². The van der Waals surface area contributed by atoms with Crippen molar-refractivity contribution in [2.75, 3.05) is 0 Å². The van der Waals surface area contributed by atoms with Gasteiger partial charge in [0.05, 0.1) is 0 Å². The van der Waals surface area contributed by atoms with Gasteiger partial charge < -0.3 is 4.57 Å². The molecule has 0 saturated carbocycles. The third-order valence-electron chi connectivity index (χ3n) is 2.33. The smallest absolute Gasteiger partial charge is 0.0248 e. The number of aromatic nitrogens is 1. The summed E-state index contributed by atoms with van der Waals surface area (Å²) in [5.41, 5.74) is 1.51. The number of hydrogen-bond acceptors (Lipinski definition) is 0. The third kappa shape index (κ3) is 0.859. The summed E-state index contributed by atoms with van der Waals surface area (Å²) in [5.74, 6) is 0.875. The van der Waals surface area contributed by atoms with E-state index in [9.17, 15) is 0 Å². The molecular formula is C9H13N. The lowest BCUT2D eigenvalue weighted by Gasteiger charge is -2.20. The van der Waals surface area contributed by atoms with Crippen LogP contribution in [0.2, 0.25) is 0 Å². The van der Waals surface area contributed by atoms with Crippen LogP contribution < -0.4 is 0 Å². The first-order chi connectivity index (χ1) is 4.86. The molecule has 1 nitrogen and oxygen atoms in total. The highest BCUT2D eigenvalue weighted by Crippen LogP contribution is 2.19. The topological polar surface area (TPSA) is 4.93 Å². The van der Waals surface area contributed by atoms with Gasteiger partial charge in [0.1, 0.15) is 0 Å². The third-order valence-corrected chi connectivity index (χ3v) is 2.33. The fourth-order valence-corrected chi connectivity index (χ4v) is 1.68. The fourth-order valence-electron chi connectivity index (χ4n) is 1.68. The first-order valence-electron chi connectivity index (χ1n) is 4.00. The van der Waals surface area contributed by atoms with E-state index in [0.717, 1.165) is 5.92 Å². The summed E-state index contributed by atoms with van der Waals surface area (Å²) in [5, 5.41) is 0. The lowest BCUT2D eigenvalue weighted by Crippen LogP contribution is -2.16. The molecule has 0 fully saturated rings. The van der Waals surface area contributed by atoms with Crippen molar-refractivity contribution >= 4 is 0 Å². The molecule has 0 amide bonds. The van der Waals surface area contributed by atoms with Crippen molar-refractivity contribution < 1.29 is 0 Å². The Morgan fingerprint density at radius 2 is 2.50 bits per heavy atom. The predicted octanol–water partition coefficient (Wildman–Crippen LogP) is 2.07. The zero-order valence-electron chi connectivity index (χ0n) is 6.38. The zero-order valence-corrected chi connectivity index (χ0v) is 6.38. The van der Waals surface area contributed by atoms with Crippen molar-refractivity contribution in [3.05, 3.63) is 24.0 Å². The van der Waals surface area contributed by atoms with Crippen molar-refractivity contribution in [2.45, 2.75) is 26.3 Å². The van der Waals surface area contributed by atoms with Crippen LogP contribution in [0.1, 0.15) is 19.0 Å². The Morgan fingerprint density at radius 1 is 1.60 bits per heavy atom. The zero-order chi connectivity index (χ0) is 6.97. The average molecular weight is 135 g/mol. The highest BCUT2D eigenvalue weighted by Gasteiger charge is 2.12. The molecule has 1 aromatic heterocycles. The van der Waals surface area contributed by atoms with E-state index >= 15 is 0 Å². The van der Waals surface area contributed by atoms with Gasteiger partial charge >= 0.3 is 0 Å². The number of rotatable bonds is 0. The molecule has 0 aliphatic carbocycles. The maximum absolute atomic E-state index is 2.37. The quantitative estimate of drug-likeness (QED) is 0.513. The SMILES string of the molecule is CC1CCc2cccn2C1. The molecule has 2 heterocycles. The van der Waals surface area contributed by atoms with Crippen LogP contribution in [-0.4, -0.2) is 4.57 Å². The Balaban J connectivity index is 2.30. The molecule has 0 bridgehead atoms. The minimum atomic E-state index is 0.875. The normalized spacial score (nSPS) is 24.3. The molecule has 0 spiro atoms. The molecule has 0 aromatic carbocycles. The minimum absolute atomic E-state index is 0.875. The van der Waals surface area contributed by atoms with E-state index in [1.165, 1.54) is 25.1 Å². The average Bonchev–Trinajstić information content (AvgIpc) is 2.33. The Morgan fingerprint density at radius 3 is 3.40 bits per heavy atom. The number of fused-ring (bicyclic) bond motifs is 1. The maximum atomic E-state index is 2.37. The summed E-state index contributed by atoms with van der Waals surface area (Å²) in [4.78, 5) is 0. The summed E-state index contributed by atoms with van der Waals surface area (Å²) in [6.07, 6.45) is 4.82. The molecule has 2 rings (SSSR count). The number of aryl methyl sites for hydroxylation is 1. The van der Waals surface area contributed by atoms with E-state index in [4.69, 9.17) is 0 Å². The van der Waals surface area contributed by atoms with Crippen LogP contribution in [0.3, 0.4) is 0 Å². The van der Waals surface area contributed by atoms with Gasteiger partial charge in [-0.05, 0) is 30.9 Å². The van der Waals surface area contributed by atoms with Gasteiger partial charge in [-0.2, -0.15) is 0 Å². The summed E-state index contributed by atoms with van der Waals surface area (Å²) in [7, 11) is 0. The van der Waals surface area contributed by atoms with Gasteiger partial charge in [-0.15, -0.1) is 0 Å². The van der Waals surface area contributed by atoms with Crippen LogP contribution >= 0.6 is 0 Å². The minimum Gasteiger partial charge on any atom is -0.351 e. The summed E-state index contributed by atoms with van der Waals surface area (Å²) < 4.78 is 2.37. The Hall–Kier alpha value is -0.720. The van der Waals surface area contributed by atoms with Gasteiger partial charge in [-0.1, -0.05) is 6.92 Å². The van der Waals surface area contributed by atoms with Gasteiger partial charge in [0, 0.05) is 18.4 Å². The first kappa shape index (κ1) is 6.02. The predicted molar refractivity (Wildman–Crippen MR) is 41.9 cm³/mol. The molecule has 1 atom stereocenters. The van der Waals surface area contributed by atoms with Crippen molar-refractivity contribution in [2.24, 2.45) is 5.92 Å². The molecule has 1 heteroatoms. The summed E-state index contributed by atoms with van der Waals surface area (Å²) in [6.45, 7) is 3.55. The Kier molecular flexibility index (Phi) is 1.30. The molecule has 1 aromatic rings. The largest absolute Gasteiger partial charge is 0.351 e. The molecule has 0 saturated heterocycles. The monoisotopic (exact) mass is 135 g/mol. The van der Waals surface area contributed by atoms with Crippen LogP contribution in [0.25, 0.3) is 0 Å². The Bertz CT molecular complexity index is 224. The van der Waals surface area contributed by atoms with E-state index in [1.54, 1.807) is 0 Å². The second-order valence-corrected chi connectivity index (χ2v) is 3.30. The van der Waals surface area contributed by atoms with Gasteiger partial charge in [0.2, 0.25) is 0 Å². The van der Waals surface area contributed by atoms with Crippen LogP contribution in [0.15, 0.2) is 18.3 Å². The molecule has 1 aliphatic heterocycles. The van der Waals surface area contributed by atoms with E-state index < -0.39 is 0 Å². The van der Waals surface area contributed by atoms with Gasteiger partial charge in [-0.3, -0.25) is 0 Å². The van der Waals surface area contributed by atoms with Crippen molar-refractivity contribution in [1.29, 1.82) is 0 Å². The number of nitrogens with zero attached hydrogens (tertiary/aromatic N) is 1. The molecule has 10 heavy (non-hydrogen) atoms. The van der Waals surface area contributed by atoms with Gasteiger partial charge in [0.25, 0.3) is 0 Å². The fraction of sp³-hybridized carbons (Fsp3) is 0.556. The van der Waals surface area contributed by atoms with Crippen molar-refractivity contribution in [1.82, 2.24) is 4.57 Å². The first-order valence-corrected chi connectivity index (χ1v) is 4.00. The molecule has 0 radical (unpaired) electrons.